The molecule has 0 saturated heterocycles. The first kappa shape index (κ1) is 46.5. The van der Waals surface area contributed by atoms with E-state index in [1.807, 2.05) is 24.3 Å². The second-order valence-electron chi connectivity index (χ2n) is 18.9. The molecule has 0 N–H and O–H groups in total. The van der Waals surface area contributed by atoms with E-state index in [1.54, 1.807) is 4.48 Å². The van der Waals surface area contributed by atoms with Crippen molar-refractivity contribution in [2.45, 2.75) is 106 Å². The Morgan fingerprint density at radius 2 is 1.05 bits per heavy atom. The number of benzene rings is 4. The molecule has 62 heavy (non-hydrogen) atoms. The molecule has 0 fully saturated rings. The normalized spacial score (nSPS) is 14.9. The van der Waals surface area contributed by atoms with Gasteiger partial charge in [0.1, 0.15) is 25.7 Å². The zero-order valence-electron chi connectivity index (χ0n) is 38.4. The first-order valence-corrected chi connectivity index (χ1v) is 21.5. The molecular formula is C53H61BF4N2O2. The summed E-state index contributed by atoms with van der Waals surface area (Å²) in [5.41, 5.74) is 16.8. The zero-order chi connectivity index (χ0) is 45.3. The van der Waals surface area contributed by atoms with Crippen LogP contribution in [0.4, 0.5) is 17.6 Å². The zero-order valence-corrected chi connectivity index (χ0v) is 38.4. The van der Waals surface area contributed by atoms with Crippen LogP contribution >= 0.6 is 0 Å². The second kappa shape index (κ2) is 18.8. The lowest BCUT2D eigenvalue weighted by Gasteiger charge is -2.23. The molecule has 0 spiro atoms. The number of allylic oxidation sites excluding steroid dienone is 2. The standard InChI is InChI=1S/C53H61BF4N2O2/c1-32-21-36(5)44(23-34(32)3)46-25-48(38-13-17-40(18-14-38)52(7,8)9)59-49(46)27-51-47(45-24-35(4)33(2)22-37(45)6)26-50(39-15-19-41(20-16-39)53(10,11)12)60(51)54(61-30-42(57)28-55)62-31-43(58)29-56/h13-27,42-43H,28-31H2,1-12H3/b49-27-. The number of halogens is 4. The third-order valence-corrected chi connectivity index (χ3v) is 11.9. The third kappa shape index (κ3) is 10.3. The van der Waals surface area contributed by atoms with Crippen LogP contribution in [0.2, 0.25) is 0 Å². The molecule has 1 aliphatic rings. The maximum absolute atomic E-state index is 14.8. The van der Waals surface area contributed by atoms with E-state index < -0.39 is 46.2 Å². The fraction of sp³-hybridized carbons (Fsp3) is 0.377. The van der Waals surface area contributed by atoms with Crippen LogP contribution in [0.5, 0.6) is 0 Å². The average molecular weight is 845 g/mol. The van der Waals surface area contributed by atoms with E-state index in [-0.39, 0.29) is 10.8 Å². The molecule has 0 aliphatic carbocycles. The maximum Gasteiger partial charge on any atom is 0.598 e. The summed E-state index contributed by atoms with van der Waals surface area (Å²) in [7, 11) is -1.49. The molecule has 9 heteroatoms. The number of aromatic nitrogens is 1. The molecule has 1 aliphatic heterocycles. The molecule has 6 rings (SSSR count). The van der Waals surface area contributed by atoms with Crippen LogP contribution < -0.4 is 0 Å². The molecule has 0 saturated carbocycles. The maximum atomic E-state index is 14.8. The SMILES string of the molecule is Cc1cc(C)c(C2=CC(c3ccc(C(C)(C)C)cc3)=N/C2=C\c2c(-c3cc(C)c(C)cc3C)cc(-c3ccc(C(C)(C)C)cc3)n2B(OCC(F)CF)OCC(F)CF)cc1C. The molecule has 4 aromatic carbocycles. The molecule has 1 aromatic heterocycles. The first-order chi connectivity index (χ1) is 29.2. The van der Waals surface area contributed by atoms with Crippen molar-refractivity contribution in [3.63, 3.8) is 0 Å². The van der Waals surface area contributed by atoms with Gasteiger partial charge < -0.3 is 13.8 Å². The smallest absolute Gasteiger partial charge is 0.388 e. The van der Waals surface area contributed by atoms with Gasteiger partial charge in [-0.25, -0.2) is 22.6 Å². The molecular weight excluding hydrogens is 783 g/mol. The summed E-state index contributed by atoms with van der Waals surface area (Å²) < 4.78 is 70.9. The van der Waals surface area contributed by atoms with Gasteiger partial charge in [-0.1, -0.05) is 114 Å². The van der Waals surface area contributed by atoms with Crippen LogP contribution in [0.15, 0.2) is 95.6 Å². The third-order valence-electron chi connectivity index (χ3n) is 11.9. The summed E-state index contributed by atoms with van der Waals surface area (Å²) in [6.45, 7) is 21.5. The Morgan fingerprint density at radius 1 is 0.597 bits per heavy atom. The van der Waals surface area contributed by atoms with Crippen molar-refractivity contribution in [3.8, 4) is 22.4 Å². The van der Waals surface area contributed by atoms with E-state index >= 15 is 0 Å². The largest absolute Gasteiger partial charge is 0.598 e. The molecule has 2 atom stereocenters. The molecule has 0 bridgehead atoms. The van der Waals surface area contributed by atoms with Gasteiger partial charge in [-0.3, -0.25) is 0 Å². The van der Waals surface area contributed by atoms with Gasteiger partial charge >= 0.3 is 7.25 Å². The number of hydrogen-bond donors (Lipinski definition) is 0. The predicted octanol–water partition coefficient (Wildman–Crippen LogP) is 13.7. The van der Waals surface area contributed by atoms with Crippen LogP contribution in [0.25, 0.3) is 34.0 Å². The average Bonchev–Trinajstić information content (AvgIpc) is 3.81. The lowest BCUT2D eigenvalue weighted by atomic mass is 9.86. The molecule has 0 radical (unpaired) electrons. The Morgan fingerprint density at radius 3 is 1.53 bits per heavy atom. The van der Waals surface area contributed by atoms with Crippen LogP contribution in [0.3, 0.4) is 0 Å². The second-order valence-corrected chi connectivity index (χ2v) is 18.9. The van der Waals surface area contributed by atoms with Crippen LogP contribution in [0.1, 0.15) is 103 Å². The summed E-state index contributed by atoms with van der Waals surface area (Å²) in [5.74, 6) is 0. The minimum Gasteiger partial charge on any atom is -0.388 e. The Kier molecular flexibility index (Phi) is 14.1. The van der Waals surface area contributed by atoms with Crippen LogP contribution in [-0.2, 0) is 20.1 Å². The van der Waals surface area contributed by atoms with Gasteiger partial charge in [0.25, 0.3) is 0 Å². The van der Waals surface area contributed by atoms with Crippen molar-refractivity contribution in [1.29, 1.82) is 0 Å². The lowest BCUT2D eigenvalue weighted by Crippen LogP contribution is -2.38. The van der Waals surface area contributed by atoms with E-state index in [0.29, 0.717) is 17.1 Å². The van der Waals surface area contributed by atoms with Gasteiger partial charge in [0.15, 0.2) is 0 Å². The highest BCUT2D eigenvalue weighted by molar-refractivity contribution is 6.44. The number of nitrogens with zero attached hydrogens (tertiary/aromatic N) is 2. The van der Waals surface area contributed by atoms with Crippen molar-refractivity contribution < 1.29 is 26.9 Å². The Labute approximate surface area is 367 Å². The number of rotatable bonds is 14. The Hall–Kier alpha value is -4.99. The summed E-state index contributed by atoms with van der Waals surface area (Å²) in [5, 5.41) is 0. The first-order valence-electron chi connectivity index (χ1n) is 21.5. The Balaban J connectivity index is 1.71. The highest BCUT2D eigenvalue weighted by Gasteiger charge is 2.34. The van der Waals surface area contributed by atoms with Crippen molar-refractivity contribution in [2.75, 3.05) is 26.6 Å². The summed E-state index contributed by atoms with van der Waals surface area (Å²) in [6, 6.07) is 27.3. The highest BCUT2D eigenvalue weighted by atomic mass is 19.2. The lowest BCUT2D eigenvalue weighted by molar-refractivity contribution is 0.0997. The van der Waals surface area contributed by atoms with Crippen molar-refractivity contribution in [1.82, 2.24) is 4.48 Å². The summed E-state index contributed by atoms with van der Waals surface area (Å²) >= 11 is 0. The monoisotopic (exact) mass is 844 g/mol. The fourth-order valence-corrected chi connectivity index (χ4v) is 7.83. The minimum atomic E-state index is -1.97. The van der Waals surface area contributed by atoms with Crippen molar-refractivity contribution >= 4 is 24.6 Å². The quantitative estimate of drug-likeness (QED) is 0.0825. The minimum absolute atomic E-state index is 0.0307. The van der Waals surface area contributed by atoms with E-state index in [9.17, 15) is 17.6 Å². The molecule has 326 valence electrons. The van der Waals surface area contributed by atoms with Gasteiger partial charge in [0, 0.05) is 28.1 Å². The molecule has 5 aromatic rings. The van der Waals surface area contributed by atoms with E-state index in [2.05, 4.69) is 150 Å². The fourth-order valence-electron chi connectivity index (χ4n) is 7.83. The number of aryl methyl sites for hydroxylation is 6. The van der Waals surface area contributed by atoms with E-state index in [0.717, 1.165) is 72.5 Å². The molecule has 2 heterocycles. The molecule has 4 nitrogen and oxygen atoms in total. The number of alkyl halides is 4. The van der Waals surface area contributed by atoms with Crippen molar-refractivity contribution in [2.24, 2.45) is 4.99 Å². The van der Waals surface area contributed by atoms with Crippen LogP contribution in [0, 0.1) is 41.5 Å². The molecule has 2 unspecified atom stereocenters. The predicted molar refractivity (Wildman–Crippen MR) is 251 cm³/mol. The van der Waals surface area contributed by atoms with E-state index in [4.69, 9.17) is 14.3 Å². The highest BCUT2D eigenvalue weighted by Crippen LogP contribution is 2.42. The van der Waals surface area contributed by atoms with Gasteiger partial charge in [-0.15, -0.1) is 0 Å². The summed E-state index contributed by atoms with van der Waals surface area (Å²) in [6.07, 6.45) is 0.165. The molecule has 0 amide bonds. The number of hydrogen-bond acceptors (Lipinski definition) is 3. The van der Waals surface area contributed by atoms with Gasteiger partial charge in [0.05, 0.1) is 24.6 Å². The topological polar surface area (TPSA) is 35.8 Å². The Bertz CT molecular complexity index is 2490. The number of aliphatic imine (C=N–C) groups is 1. The van der Waals surface area contributed by atoms with Crippen molar-refractivity contribution in [3.05, 3.63) is 152 Å². The van der Waals surface area contributed by atoms with Crippen LogP contribution in [-0.4, -0.2) is 56.3 Å². The summed E-state index contributed by atoms with van der Waals surface area (Å²) in [4.78, 5) is 5.35. The van der Waals surface area contributed by atoms with Gasteiger partial charge in [0.2, 0.25) is 0 Å². The van der Waals surface area contributed by atoms with Gasteiger partial charge in [-0.05, 0) is 132 Å². The van der Waals surface area contributed by atoms with E-state index in [1.165, 1.54) is 11.1 Å². The van der Waals surface area contributed by atoms with Gasteiger partial charge in [-0.2, -0.15) is 0 Å².